The van der Waals surface area contributed by atoms with Gasteiger partial charge >= 0.3 is 5.97 Å². The van der Waals surface area contributed by atoms with E-state index in [9.17, 15) is 4.79 Å². The molecule has 0 aromatic carbocycles. The van der Waals surface area contributed by atoms with Crippen LogP contribution in [0.25, 0.3) is 0 Å². The van der Waals surface area contributed by atoms with Crippen molar-refractivity contribution >= 4 is 5.97 Å². The molecule has 1 aliphatic heterocycles. The van der Waals surface area contributed by atoms with Crippen molar-refractivity contribution in [2.75, 3.05) is 26.7 Å². The Bertz CT molecular complexity index is 174. The van der Waals surface area contributed by atoms with Crippen molar-refractivity contribution in [3.05, 3.63) is 0 Å². The minimum atomic E-state index is -0.152. The van der Waals surface area contributed by atoms with Gasteiger partial charge in [0.05, 0.1) is 13.7 Å². The molecule has 1 rings (SSSR count). The Morgan fingerprint density at radius 1 is 1.46 bits per heavy atom. The second-order valence-electron chi connectivity index (χ2n) is 3.60. The molecule has 1 saturated heterocycles. The van der Waals surface area contributed by atoms with E-state index in [1.165, 1.54) is 7.11 Å². The number of ether oxygens (including phenoxy) is 1. The number of hydrogen-bond donors (Lipinski definition) is 1. The smallest absolute Gasteiger partial charge is 0.319 e. The molecule has 0 aliphatic carbocycles. The first kappa shape index (κ1) is 10.5. The predicted octanol–water partition coefficient (Wildman–Crippen LogP) is -0.158. The minimum Gasteiger partial charge on any atom is -0.468 e. The largest absolute Gasteiger partial charge is 0.468 e. The summed E-state index contributed by atoms with van der Waals surface area (Å²) in [5.74, 6) is -0.152. The highest BCUT2D eigenvalue weighted by Gasteiger charge is 2.26. The van der Waals surface area contributed by atoms with E-state index in [1.54, 1.807) is 0 Å². The number of nitrogens with one attached hydrogen (secondary N) is 1. The summed E-state index contributed by atoms with van der Waals surface area (Å²) in [5.41, 5.74) is 0. The van der Waals surface area contributed by atoms with Gasteiger partial charge in [-0.05, 0) is 13.8 Å². The van der Waals surface area contributed by atoms with E-state index in [0.29, 0.717) is 18.6 Å². The molecule has 13 heavy (non-hydrogen) atoms. The summed E-state index contributed by atoms with van der Waals surface area (Å²) in [6, 6.07) is 0.811. The first-order chi connectivity index (χ1) is 6.15. The maximum Gasteiger partial charge on any atom is 0.319 e. The van der Waals surface area contributed by atoms with Gasteiger partial charge in [-0.1, -0.05) is 0 Å². The molecule has 1 N–H and O–H groups in total. The molecule has 0 aromatic rings. The van der Waals surface area contributed by atoms with Gasteiger partial charge in [-0.2, -0.15) is 0 Å². The van der Waals surface area contributed by atoms with E-state index in [0.717, 1.165) is 13.1 Å². The lowest BCUT2D eigenvalue weighted by Crippen LogP contribution is -2.56. The van der Waals surface area contributed by atoms with E-state index >= 15 is 0 Å². The normalized spacial score (nSPS) is 30.1. The van der Waals surface area contributed by atoms with Crippen LogP contribution in [0.3, 0.4) is 0 Å². The summed E-state index contributed by atoms with van der Waals surface area (Å²) in [4.78, 5) is 13.3. The molecule has 0 amide bonds. The molecule has 0 spiro atoms. The van der Waals surface area contributed by atoms with Crippen LogP contribution in [0.15, 0.2) is 0 Å². The maximum atomic E-state index is 11.1. The average molecular weight is 186 g/mol. The van der Waals surface area contributed by atoms with Crippen LogP contribution in [0.1, 0.15) is 13.8 Å². The van der Waals surface area contributed by atoms with Crippen LogP contribution in [0, 0.1) is 0 Å². The van der Waals surface area contributed by atoms with Gasteiger partial charge in [0, 0.05) is 25.2 Å². The highest BCUT2D eigenvalue weighted by molar-refractivity contribution is 5.71. The molecule has 0 radical (unpaired) electrons. The first-order valence-electron chi connectivity index (χ1n) is 4.68. The molecule has 1 fully saturated rings. The predicted molar refractivity (Wildman–Crippen MR) is 50.5 cm³/mol. The zero-order valence-electron chi connectivity index (χ0n) is 8.54. The van der Waals surface area contributed by atoms with Gasteiger partial charge in [0.15, 0.2) is 0 Å². The third-order valence-corrected chi connectivity index (χ3v) is 2.55. The summed E-state index contributed by atoms with van der Waals surface area (Å²) in [7, 11) is 1.43. The van der Waals surface area contributed by atoms with Gasteiger partial charge in [-0.15, -0.1) is 0 Å². The fourth-order valence-electron chi connectivity index (χ4n) is 1.70. The van der Waals surface area contributed by atoms with Crippen LogP contribution >= 0.6 is 0 Å². The lowest BCUT2D eigenvalue weighted by atomic mass is 10.1. The molecule has 0 saturated carbocycles. The third kappa shape index (κ3) is 2.67. The molecule has 0 unspecified atom stereocenters. The van der Waals surface area contributed by atoms with E-state index in [2.05, 4.69) is 28.8 Å². The van der Waals surface area contributed by atoms with E-state index in [-0.39, 0.29) is 5.97 Å². The van der Waals surface area contributed by atoms with Crippen LogP contribution in [0.2, 0.25) is 0 Å². The molecule has 76 valence electrons. The molecule has 1 heterocycles. The number of nitrogens with zero attached hydrogens (tertiary/aromatic N) is 1. The summed E-state index contributed by atoms with van der Waals surface area (Å²) < 4.78 is 4.65. The van der Waals surface area contributed by atoms with E-state index in [1.807, 2.05) is 0 Å². The minimum absolute atomic E-state index is 0.152. The number of carbonyl (C=O) groups is 1. The summed E-state index contributed by atoms with van der Waals surface area (Å²) in [6.07, 6.45) is 0. The molecule has 2 atom stereocenters. The highest BCUT2D eigenvalue weighted by Crippen LogP contribution is 2.08. The third-order valence-electron chi connectivity index (χ3n) is 2.55. The van der Waals surface area contributed by atoms with Gasteiger partial charge in [0.1, 0.15) is 0 Å². The highest BCUT2D eigenvalue weighted by atomic mass is 16.5. The Morgan fingerprint density at radius 3 is 2.46 bits per heavy atom. The fraction of sp³-hybridized carbons (Fsp3) is 0.889. The van der Waals surface area contributed by atoms with Crippen LogP contribution in [0.5, 0.6) is 0 Å². The fourth-order valence-corrected chi connectivity index (χ4v) is 1.70. The molecule has 1 aliphatic rings. The van der Waals surface area contributed by atoms with Gasteiger partial charge in [-0.3, -0.25) is 9.69 Å². The zero-order chi connectivity index (χ0) is 9.84. The SMILES string of the molecule is COC(=O)CN1[C@H](C)CNC[C@@H]1C. The molecular formula is C9H18N2O2. The van der Waals surface area contributed by atoms with E-state index in [4.69, 9.17) is 0 Å². The Balaban J connectivity index is 2.48. The lowest BCUT2D eigenvalue weighted by Gasteiger charge is -2.38. The zero-order valence-corrected chi connectivity index (χ0v) is 8.54. The van der Waals surface area contributed by atoms with Crippen LogP contribution in [-0.4, -0.2) is 49.7 Å². The number of rotatable bonds is 2. The van der Waals surface area contributed by atoms with Crippen molar-refractivity contribution in [2.24, 2.45) is 0 Å². The van der Waals surface area contributed by atoms with Crippen molar-refractivity contribution in [3.63, 3.8) is 0 Å². The molecule has 4 heteroatoms. The molecule has 4 nitrogen and oxygen atoms in total. The summed E-state index contributed by atoms with van der Waals surface area (Å²) in [6.45, 7) is 6.53. The maximum absolute atomic E-state index is 11.1. The Labute approximate surface area is 79.2 Å². The number of piperazine rings is 1. The number of methoxy groups -OCH3 is 1. The Morgan fingerprint density at radius 2 is 2.00 bits per heavy atom. The van der Waals surface area contributed by atoms with Crippen LogP contribution in [-0.2, 0) is 9.53 Å². The van der Waals surface area contributed by atoms with Gasteiger partial charge < -0.3 is 10.1 Å². The first-order valence-corrected chi connectivity index (χ1v) is 4.68. The Hall–Kier alpha value is -0.610. The average Bonchev–Trinajstić information content (AvgIpc) is 2.11. The summed E-state index contributed by atoms with van der Waals surface area (Å²) >= 11 is 0. The van der Waals surface area contributed by atoms with Crippen molar-refractivity contribution in [2.45, 2.75) is 25.9 Å². The van der Waals surface area contributed by atoms with E-state index < -0.39 is 0 Å². The van der Waals surface area contributed by atoms with Gasteiger partial charge in [-0.25, -0.2) is 0 Å². The summed E-state index contributed by atoms with van der Waals surface area (Å²) in [5, 5.41) is 3.31. The number of hydrogen-bond acceptors (Lipinski definition) is 4. The number of esters is 1. The second-order valence-corrected chi connectivity index (χ2v) is 3.60. The van der Waals surface area contributed by atoms with Crippen molar-refractivity contribution in [3.8, 4) is 0 Å². The van der Waals surface area contributed by atoms with Gasteiger partial charge in [0.25, 0.3) is 0 Å². The second kappa shape index (κ2) is 4.58. The standard InChI is InChI=1S/C9H18N2O2/c1-7-4-10-5-8(2)11(7)6-9(12)13-3/h7-8,10H,4-6H2,1-3H3/t7-,8+. The monoisotopic (exact) mass is 186 g/mol. The van der Waals surface area contributed by atoms with Crippen LogP contribution < -0.4 is 5.32 Å². The van der Waals surface area contributed by atoms with Crippen LogP contribution in [0.4, 0.5) is 0 Å². The quantitative estimate of drug-likeness (QED) is 0.609. The molecule has 0 bridgehead atoms. The molecular weight excluding hydrogens is 168 g/mol. The van der Waals surface area contributed by atoms with Crippen molar-refractivity contribution in [1.82, 2.24) is 10.2 Å². The lowest BCUT2D eigenvalue weighted by molar-refractivity contribution is -0.143. The Kier molecular flexibility index (Phi) is 3.69. The van der Waals surface area contributed by atoms with Crippen molar-refractivity contribution < 1.29 is 9.53 Å². The topological polar surface area (TPSA) is 41.6 Å². The van der Waals surface area contributed by atoms with Crippen molar-refractivity contribution in [1.29, 1.82) is 0 Å². The molecule has 0 aromatic heterocycles. The number of carbonyl (C=O) groups excluding carboxylic acids is 1. The van der Waals surface area contributed by atoms with Gasteiger partial charge in [0.2, 0.25) is 0 Å².